The van der Waals surface area contributed by atoms with Crippen molar-refractivity contribution in [3.8, 4) is 5.75 Å². The van der Waals surface area contributed by atoms with E-state index >= 15 is 0 Å². The van der Waals surface area contributed by atoms with Crippen LogP contribution in [0.15, 0.2) is 30.3 Å². The summed E-state index contributed by atoms with van der Waals surface area (Å²) in [7, 11) is 1.35. The van der Waals surface area contributed by atoms with Gasteiger partial charge in [-0.25, -0.2) is 13.2 Å². The Balaban J connectivity index is 1.89. The molecule has 2 aromatic carbocycles. The SMILES string of the molecule is Cc1cc(OCC(=O)N(C)CC(=O)Nc2ccc(F)c(F)c2F)ccc1Cl. The van der Waals surface area contributed by atoms with Crippen LogP contribution in [-0.4, -0.2) is 36.9 Å². The Bertz CT molecular complexity index is 877. The van der Waals surface area contributed by atoms with Crippen LogP contribution in [0.4, 0.5) is 18.9 Å². The van der Waals surface area contributed by atoms with Crippen molar-refractivity contribution >= 4 is 29.1 Å². The molecule has 0 radical (unpaired) electrons. The van der Waals surface area contributed by atoms with Crippen LogP contribution in [0.1, 0.15) is 5.56 Å². The van der Waals surface area contributed by atoms with E-state index in [0.717, 1.165) is 16.5 Å². The lowest BCUT2D eigenvalue weighted by atomic mass is 10.2. The minimum absolute atomic E-state index is 0.329. The van der Waals surface area contributed by atoms with Crippen molar-refractivity contribution in [3.63, 3.8) is 0 Å². The van der Waals surface area contributed by atoms with Crippen molar-refractivity contribution in [1.82, 2.24) is 4.90 Å². The first kappa shape index (κ1) is 20.6. The summed E-state index contributed by atoms with van der Waals surface area (Å²) in [5, 5.41) is 2.64. The van der Waals surface area contributed by atoms with Gasteiger partial charge in [0.05, 0.1) is 12.2 Å². The third kappa shape index (κ3) is 5.37. The molecule has 0 aromatic heterocycles. The molecule has 2 rings (SSSR count). The van der Waals surface area contributed by atoms with Crippen molar-refractivity contribution in [1.29, 1.82) is 0 Å². The monoisotopic (exact) mass is 400 g/mol. The van der Waals surface area contributed by atoms with Crippen LogP contribution in [0.5, 0.6) is 5.75 Å². The van der Waals surface area contributed by atoms with E-state index in [9.17, 15) is 22.8 Å². The number of aryl methyl sites for hydroxylation is 1. The van der Waals surface area contributed by atoms with Gasteiger partial charge in [0.1, 0.15) is 5.75 Å². The van der Waals surface area contributed by atoms with Crippen LogP contribution < -0.4 is 10.1 Å². The Hall–Kier alpha value is -2.74. The Morgan fingerprint density at radius 3 is 2.52 bits per heavy atom. The van der Waals surface area contributed by atoms with E-state index in [-0.39, 0.29) is 6.61 Å². The first-order valence-electron chi connectivity index (χ1n) is 7.75. The molecule has 0 aliphatic carbocycles. The minimum Gasteiger partial charge on any atom is -0.484 e. The third-order valence-corrected chi connectivity index (χ3v) is 4.03. The number of carbonyl (C=O) groups excluding carboxylic acids is 2. The number of halogens is 4. The summed E-state index contributed by atoms with van der Waals surface area (Å²) < 4.78 is 44.9. The minimum atomic E-state index is -1.69. The molecule has 0 bridgehead atoms. The lowest BCUT2D eigenvalue weighted by molar-refractivity contribution is -0.135. The van der Waals surface area contributed by atoms with E-state index < -0.39 is 41.5 Å². The molecule has 0 spiro atoms. The Morgan fingerprint density at radius 2 is 1.85 bits per heavy atom. The largest absolute Gasteiger partial charge is 0.484 e. The molecule has 0 saturated heterocycles. The molecule has 0 saturated carbocycles. The number of likely N-dealkylation sites (N-methyl/N-ethyl adjacent to an activating group) is 1. The standard InChI is InChI=1S/C18H16ClF3N2O3/c1-10-7-11(3-4-12(10)19)27-9-16(26)24(2)8-15(25)23-14-6-5-13(20)17(21)18(14)22/h3-7H,8-9H2,1-2H3,(H,23,25). The second-order valence-electron chi connectivity index (χ2n) is 5.72. The number of ether oxygens (including phenoxy) is 1. The lowest BCUT2D eigenvalue weighted by Crippen LogP contribution is -2.37. The number of anilines is 1. The van der Waals surface area contributed by atoms with E-state index in [1.54, 1.807) is 25.1 Å². The van der Waals surface area contributed by atoms with Crippen molar-refractivity contribution in [2.75, 3.05) is 25.5 Å². The highest BCUT2D eigenvalue weighted by Gasteiger charge is 2.18. The van der Waals surface area contributed by atoms with E-state index in [0.29, 0.717) is 16.8 Å². The average Bonchev–Trinajstić information content (AvgIpc) is 2.62. The number of nitrogens with zero attached hydrogens (tertiary/aromatic N) is 1. The van der Waals surface area contributed by atoms with Gasteiger partial charge in [-0.2, -0.15) is 0 Å². The number of benzene rings is 2. The van der Waals surface area contributed by atoms with Crippen LogP contribution in [0.25, 0.3) is 0 Å². The number of nitrogens with one attached hydrogen (secondary N) is 1. The average molecular weight is 401 g/mol. The molecule has 0 aliphatic heterocycles. The fraction of sp³-hybridized carbons (Fsp3) is 0.222. The van der Waals surface area contributed by atoms with Crippen molar-refractivity contribution in [2.45, 2.75) is 6.92 Å². The Morgan fingerprint density at radius 1 is 1.15 bits per heavy atom. The van der Waals surface area contributed by atoms with E-state index in [2.05, 4.69) is 5.32 Å². The number of carbonyl (C=O) groups is 2. The number of amides is 2. The lowest BCUT2D eigenvalue weighted by Gasteiger charge is -2.17. The zero-order valence-corrected chi connectivity index (χ0v) is 15.2. The fourth-order valence-corrected chi connectivity index (χ4v) is 2.20. The maximum Gasteiger partial charge on any atom is 0.260 e. The Kier molecular flexibility index (Phi) is 6.68. The molecule has 0 aliphatic rings. The zero-order valence-electron chi connectivity index (χ0n) is 14.5. The first-order chi connectivity index (χ1) is 12.7. The summed E-state index contributed by atoms with van der Waals surface area (Å²) in [4.78, 5) is 25.0. The molecule has 9 heteroatoms. The number of hydrogen-bond donors (Lipinski definition) is 1. The van der Waals surface area contributed by atoms with Crippen LogP contribution in [0, 0.1) is 24.4 Å². The van der Waals surface area contributed by atoms with Crippen molar-refractivity contribution in [3.05, 3.63) is 58.4 Å². The van der Waals surface area contributed by atoms with E-state index in [1.807, 2.05) is 0 Å². The van der Waals surface area contributed by atoms with Gasteiger partial charge >= 0.3 is 0 Å². The van der Waals surface area contributed by atoms with Crippen LogP contribution >= 0.6 is 11.6 Å². The molecule has 0 fully saturated rings. The van der Waals surface area contributed by atoms with Gasteiger partial charge in [-0.15, -0.1) is 0 Å². The van der Waals surface area contributed by atoms with Crippen molar-refractivity contribution in [2.24, 2.45) is 0 Å². The third-order valence-electron chi connectivity index (χ3n) is 3.61. The predicted octanol–water partition coefficient (Wildman–Crippen LogP) is 3.54. The number of rotatable bonds is 6. The summed E-state index contributed by atoms with van der Waals surface area (Å²) in [6.45, 7) is 1.02. The highest BCUT2D eigenvalue weighted by atomic mass is 35.5. The second-order valence-corrected chi connectivity index (χ2v) is 6.13. The number of hydrogen-bond acceptors (Lipinski definition) is 3. The van der Waals surface area contributed by atoms with Crippen LogP contribution in [-0.2, 0) is 9.59 Å². The Labute approximate surface area is 158 Å². The van der Waals surface area contributed by atoms with Gasteiger partial charge in [-0.1, -0.05) is 11.6 Å². The van der Waals surface area contributed by atoms with Gasteiger partial charge in [-0.3, -0.25) is 9.59 Å². The summed E-state index contributed by atoms with van der Waals surface area (Å²) in [5.74, 6) is -5.43. The normalized spacial score (nSPS) is 10.4. The van der Waals surface area contributed by atoms with Crippen molar-refractivity contribution < 1.29 is 27.5 Å². The molecule has 1 N–H and O–H groups in total. The quantitative estimate of drug-likeness (QED) is 0.754. The summed E-state index contributed by atoms with van der Waals surface area (Å²) in [5.41, 5.74) is 0.260. The molecular formula is C18H16ClF3N2O3. The van der Waals surface area contributed by atoms with Gasteiger partial charge < -0.3 is 15.0 Å². The van der Waals surface area contributed by atoms with E-state index in [4.69, 9.17) is 16.3 Å². The molecule has 27 heavy (non-hydrogen) atoms. The van der Waals surface area contributed by atoms with Crippen LogP contribution in [0.3, 0.4) is 0 Å². The fourth-order valence-electron chi connectivity index (χ4n) is 2.08. The summed E-state index contributed by atoms with van der Waals surface area (Å²) in [6, 6.07) is 6.46. The molecule has 144 valence electrons. The molecular weight excluding hydrogens is 385 g/mol. The summed E-state index contributed by atoms with van der Waals surface area (Å²) in [6.07, 6.45) is 0. The molecule has 5 nitrogen and oxygen atoms in total. The summed E-state index contributed by atoms with van der Waals surface area (Å²) >= 11 is 5.90. The zero-order chi connectivity index (χ0) is 20.1. The van der Waals surface area contributed by atoms with Gasteiger partial charge in [0.25, 0.3) is 5.91 Å². The van der Waals surface area contributed by atoms with Gasteiger partial charge in [0.2, 0.25) is 5.91 Å². The first-order valence-corrected chi connectivity index (χ1v) is 8.13. The smallest absolute Gasteiger partial charge is 0.260 e. The predicted molar refractivity (Wildman–Crippen MR) is 94.3 cm³/mol. The van der Waals surface area contributed by atoms with Crippen LogP contribution in [0.2, 0.25) is 5.02 Å². The maximum atomic E-state index is 13.5. The van der Waals surface area contributed by atoms with Gasteiger partial charge in [0, 0.05) is 12.1 Å². The topological polar surface area (TPSA) is 58.6 Å². The second kappa shape index (κ2) is 8.77. The highest BCUT2D eigenvalue weighted by Crippen LogP contribution is 2.21. The van der Waals surface area contributed by atoms with Gasteiger partial charge in [-0.05, 0) is 42.8 Å². The van der Waals surface area contributed by atoms with Gasteiger partial charge in [0.15, 0.2) is 24.1 Å². The highest BCUT2D eigenvalue weighted by molar-refractivity contribution is 6.31. The molecule has 0 unspecified atom stereocenters. The molecule has 2 aromatic rings. The van der Waals surface area contributed by atoms with E-state index in [1.165, 1.54) is 7.05 Å². The molecule has 2 amide bonds. The molecule has 0 atom stereocenters. The maximum absolute atomic E-state index is 13.5. The molecule has 0 heterocycles.